The van der Waals surface area contributed by atoms with Gasteiger partial charge in [0.1, 0.15) is 5.60 Å². The Morgan fingerprint density at radius 3 is 2.20 bits per heavy atom. The molecule has 3 amide bonds. The number of anilines is 1. The lowest BCUT2D eigenvalue weighted by molar-refractivity contribution is 0.0240. The molecule has 0 bridgehead atoms. The number of hydrogen-bond donors (Lipinski definition) is 0. The number of rotatable bonds is 5. The van der Waals surface area contributed by atoms with E-state index in [0.29, 0.717) is 36.7 Å². The summed E-state index contributed by atoms with van der Waals surface area (Å²) >= 11 is 0. The number of amides is 3. The summed E-state index contributed by atoms with van der Waals surface area (Å²) in [4.78, 5) is 43.9. The van der Waals surface area contributed by atoms with E-state index in [2.05, 4.69) is 27.8 Å². The average Bonchev–Trinajstić information content (AvgIpc) is 3.66. The van der Waals surface area contributed by atoms with Crippen LogP contribution in [0.4, 0.5) is 10.5 Å². The zero-order valence-electron chi connectivity index (χ0n) is 24.0. The molecule has 2 aromatic carbocycles. The molecule has 214 valence electrons. The van der Waals surface area contributed by atoms with Gasteiger partial charge < -0.3 is 14.5 Å². The smallest absolute Gasteiger partial charge is 0.410 e. The molecule has 0 unspecified atom stereocenters. The Hall–Kier alpha value is -3.88. The van der Waals surface area contributed by atoms with Crippen LogP contribution in [0, 0.1) is 5.92 Å². The second kappa shape index (κ2) is 9.60. The number of aromatic nitrogens is 2. The minimum atomic E-state index is -0.501. The Kier molecular flexibility index (Phi) is 6.10. The number of piperazine rings is 1. The van der Waals surface area contributed by atoms with Crippen LogP contribution in [0.25, 0.3) is 10.9 Å². The van der Waals surface area contributed by atoms with Crippen LogP contribution < -0.4 is 4.90 Å². The normalized spacial score (nSPS) is 22.8. The van der Waals surface area contributed by atoms with Gasteiger partial charge in [-0.3, -0.25) is 19.2 Å². The summed E-state index contributed by atoms with van der Waals surface area (Å²) in [6, 6.07) is 13.8. The van der Waals surface area contributed by atoms with E-state index in [1.807, 2.05) is 32.9 Å². The van der Waals surface area contributed by atoms with Gasteiger partial charge in [-0.25, -0.2) is 4.79 Å². The molecule has 0 N–H and O–H groups in total. The van der Waals surface area contributed by atoms with Gasteiger partial charge in [-0.1, -0.05) is 18.2 Å². The first-order chi connectivity index (χ1) is 19.7. The van der Waals surface area contributed by atoms with E-state index in [-0.39, 0.29) is 29.9 Å². The number of benzene rings is 2. The maximum Gasteiger partial charge on any atom is 0.410 e. The molecule has 0 radical (unpaired) electrons. The second-order valence-electron chi connectivity index (χ2n) is 13.0. The molecule has 3 aromatic rings. The molecule has 1 aromatic heterocycles. The molecular formula is C32H37N5O4. The molecule has 3 heterocycles. The maximum atomic E-state index is 12.9. The number of fused-ring (bicyclic) bond motifs is 2. The topological polar surface area (TPSA) is 88.0 Å². The van der Waals surface area contributed by atoms with Crippen LogP contribution in [0.1, 0.15) is 84.8 Å². The summed E-state index contributed by atoms with van der Waals surface area (Å²) in [5.74, 6) is 0.421. The van der Waals surface area contributed by atoms with E-state index < -0.39 is 5.60 Å². The number of nitrogens with zero attached hydrogens (tertiary/aromatic N) is 5. The van der Waals surface area contributed by atoms with Gasteiger partial charge in [0.2, 0.25) is 0 Å². The Balaban J connectivity index is 1.07. The molecule has 41 heavy (non-hydrogen) atoms. The fraction of sp³-hybridized carbons (Fsp3) is 0.500. The van der Waals surface area contributed by atoms with Gasteiger partial charge >= 0.3 is 6.09 Å². The van der Waals surface area contributed by atoms with Crippen LogP contribution in [0.15, 0.2) is 42.5 Å². The summed E-state index contributed by atoms with van der Waals surface area (Å²) in [6.07, 6.45) is 3.88. The predicted octanol–water partition coefficient (Wildman–Crippen LogP) is 5.22. The lowest BCUT2D eigenvalue weighted by Crippen LogP contribution is -2.50. The Morgan fingerprint density at radius 1 is 0.927 bits per heavy atom. The van der Waals surface area contributed by atoms with Crippen molar-refractivity contribution in [1.82, 2.24) is 19.6 Å². The molecule has 1 saturated heterocycles. The van der Waals surface area contributed by atoms with Crippen molar-refractivity contribution < 1.29 is 19.1 Å². The second-order valence-corrected chi connectivity index (χ2v) is 13.0. The third-order valence-electron chi connectivity index (χ3n) is 8.85. The molecule has 2 aliphatic heterocycles. The molecular weight excluding hydrogens is 518 g/mol. The molecule has 7 rings (SSSR count). The highest BCUT2D eigenvalue weighted by atomic mass is 16.6. The molecule has 0 spiro atoms. The number of hydrogen-bond acceptors (Lipinski definition) is 6. The first kappa shape index (κ1) is 26.0. The van der Waals surface area contributed by atoms with Crippen molar-refractivity contribution in [2.45, 2.75) is 64.0 Å². The van der Waals surface area contributed by atoms with Crippen LogP contribution in [-0.2, 0) is 4.74 Å². The molecule has 3 fully saturated rings. The van der Waals surface area contributed by atoms with Crippen molar-refractivity contribution in [3.63, 3.8) is 0 Å². The summed E-state index contributed by atoms with van der Waals surface area (Å²) < 4.78 is 7.80. The number of ether oxygens (including phenoxy) is 1. The molecule has 2 aliphatic carbocycles. The predicted molar refractivity (Wildman–Crippen MR) is 155 cm³/mol. The third-order valence-corrected chi connectivity index (χ3v) is 8.85. The van der Waals surface area contributed by atoms with Crippen molar-refractivity contribution in [3.05, 3.63) is 59.3 Å². The average molecular weight is 556 g/mol. The molecule has 9 heteroatoms. The Morgan fingerprint density at radius 2 is 1.59 bits per heavy atom. The fourth-order valence-corrected chi connectivity index (χ4v) is 6.55. The van der Waals surface area contributed by atoms with Crippen molar-refractivity contribution in [1.29, 1.82) is 0 Å². The number of carbonyl (C=O) groups is 3. The van der Waals surface area contributed by atoms with Gasteiger partial charge in [-0.05, 0) is 76.6 Å². The largest absolute Gasteiger partial charge is 0.444 e. The van der Waals surface area contributed by atoms with Crippen molar-refractivity contribution >= 4 is 34.5 Å². The van der Waals surface area contributed by atoms with Crippen molar-refractivity contribution in [2.24, 2.45) is 5.92 Å². The number of carbonyl (C=O) groups excluding carboxylic acids is 3. The molecule has 9 nitrogen and oxygen atoms in total. The van der Waals surface area contributed by atoms with E-state index in [4.69, 9.17) is 9.84 Å². The van der Waals surface area contributed by atoms with Crippen LogP contribution in [0.3, 0.4) is 0 Å². The van der Waals surface area contributed by atoms with Gasteiger partial charge in [0.15, 0.2) is 0 Å². The minimum absolute atomic E-state index is 0.175. The quantitative estimate of drug-likeness (QED) is 0.401. The van der Waals surface area contributed by atoms with Gasteiger partial charge in [0.25, 0.3) is 11.8 Å². The molecule has 2 saturated carbocycles. The lowest BCUT2D eigenvalue weighted by Gasteiger charge is -2.38. The van der Waals surface area contributed by atoms with Crippen LogP contribution in [0.5, 0.6) is 0 Å². The minimum Gasteiger partial charge on any atom is -0.444 e. The Labute approximate surface area is 240 Å². The monoisotopic (exact) mass is 555 g/mol. The zero-order chi connectivity index (χ0) is 28.5. The highest BCUT2D eigenvalue weighted by Crippen LogP contribution is 2.48. The highest BCUT2D eigenvalue weighted by Gasteiger charge is 2.41. The summed E-state index contributed by atoms with van der Waals surface area (Å²) in [6.45, 7) is 8.90. The summed E-state index contributed by atoms with van der Waals surface area (Å²) in [7, 11) is 0. The fourth-order valence-electron chi connectivity index (χ4n) is 6.55. The lowest BCUT2D eigenvalue weighted by atomic mass is 9.80. The van der Waals surface area contributed by atoms with E-state index in [1.165, 1.54) is 34.5 Å². The summed E-state index contributed by atoms with van der Waals surface area (Å²) in [5, 5.41) is 6.44. The van der Waals surface area contributed by atoms with E-state index >= 15 is 0 Å². The maximum absolute atomic E-state index is 12.9. The molecule has 4 aliphatic rings. The van der Waals surface area contributed by atoms with Crippen LogP contribution in [-0.4, -0.2) is 75.8 Å². The van der Waals surface area contributed by atoms with E-state index in [0.717, 1.165) is 31.4 Å². The van der Waals surface area contributed by atoms with E-state index in [1.54, 1.807) is 17.0 Å². The molecule has 0 atom stereocenters. The van der Waals surface area contributed by atoms with E-state index in [9.17, 15) is 14.4 Å². The SMILES string of the molecule is CC(C)(C)OC(=O)N1CCN(c2cccc3c2c(C2CC2)nn3C2CC(CN3C(=O)c4ccccc4C3=O)C2)CC1. The third kappa shape index (κ3) is 4.65. The van der Waals surface area contributed by atoms with Gasteiger partial charge in [0, 0.05) is 49.7 Å². The first-order valence-corrected chi connectivity index (χ1v) is 14.9. The van der Waals surface area contributed by atoms with Crippen LogP contribution >= 0.6 is 0 Å². The van der Waals surface area contributed by atoms with Gasteiger partial charge in [0.05, 0.1) is 28.4 Å². The summed E-state index contributed by atoms with van der Waals surface area (Å²) in [5.41, 5.74) is 4.07. The number of imide groups is 1. The first-order valence-electron chi connectivity index (χ1n) is 14.9. The van der Waals surface area contributed by atoms with Crippen molar-refractivity contribution in [3.8, 4) is 0 Å². The van der Waals surface area contributed by atoms with Gasteiger partial charge in [-0.15, -0.1) is 0 Å². The van der Waals surface area contributed by atoms with Crippen LogP contribution in [0.2, 0.25) is 0 Å². The standard InChI is InChI=1S/C32H37N5O4/c1-32(2,3)41-31(40)35-15-13-34(14-16-35)25-9-6-10-26-27(25)28(21-11-12-21)33-37(26)22-17-20(18-22)19-36-29(38)23-7-4-5-8-24(23)30(36)39/h4-10,20-22H,11-19H2,1-3H3. The zero-order valence-corrected chi connectivity index (χ0v) is 24.0. The van der Waals surface area contributed by atoms with Gasteiger partial charge in [-0.2, -0.15) is 5.10 Å². The Bertz CT molecular complexity index is 1500. The highest BCUT2D eigenvalue weighted by molar-refractivity contribution is 6.21. The van der Waals surface area contributed by atoms with Crippen molar-refractivity contribution in [2.75, 3.05) is 37.6 Å².